The molecule has 0 saturated carbocycles. The molecular weight excluding hydrogens is 280 g/mol. The number of urea groups is 1. The van der Waals surface area contributed by atoms with Gasteiger partial charge in [-0.15, -0.1) is 0 Å². The van der Waals surface area contributed by atoms with Crippen molar-refractivity contribution in [2.24, 2.45) is 0 Å². The van der Waals surface area contributed by atoms with Crippen LogP contribution in [0.3, 0.4) is 0 Å². The summed E-state index contributed by atoms with van der Waals surface area (Å²) in [5.74, 6) is -0.257. The smallest absolute Gasteiger partial charge is 0.321 e. The van der Waals surface area contributed by atoms with Crippen LogP contribution in [0.15, 0.2) is 30.3 Å². The van der Waals surface area contributed by atoms with Gasteiger partial charge in [0.25, 0.3) is 0 Å². The highest BCUT2D eigenvalue weighted by Crippen LogP contribution is 2.16. The number of anilines is 1. The normalized spacial score (nSPS) is 17.5. The fourth-order valence-electron chi connectivity index (χ4n) is 2.67. The fraction of sp³-hybridized carbons (Fsp3) is 0.500. The van der Waals surface area contributed by atoms with Crippen LogP contribution in [0.1, 0.15) is 13.3 Å². The van der Waals surface area contributed by atoms with Crippen LogP contribution in [-0.4, -0.2) is 56.1 Å². The summed E-state index contributed by atoms with van der Waals surface area (Å²) in [5, 5.41) is 4.74. The Labute approximate surface area is 131 Å². The first-order valence-corrected chi connectivity index (χ1v) is 7.68. The molecule has 1 fully saturated rings. The van der Waals surface area contributed by atoms with Crippen LogP contribution in [0.2, 0.25) is 0 Å². The van der Waals surface area contributed by atoms with Gasteiger partial charge in [-0.2, -0.15) is 0 Å². The van der Waals surface area contributed by atoms with Crippen molar-refractivity contribution in [3.63, 3.8) is 0 Å². The van der Waals surface area contributed by atoms with Crippen molar-refractivity contribution in [1.82, 2.24) is 15.5 Å². The quantitative estimate of drug-likeness (QED) is 0.876. The van der Waals surface area contributed by atoms with Gasteiger partial charge in [-0.05, 0) is 25.5 Å². The maximum Gasteiger partial charge on any atom is 0.321 e. The molecular formula is C16H24N4O2. The summed E-state index contributed by atoms with van der Waals surface area (Å²) in [6, 6.07) is 9.54. The highest BCUT2D eigenvalue weighted by molar-refractivity contribution is 5.96. The minimum atomic E-state index is -0.461. The van der Waals surface area contributed by atoms with E-state index in [9.17, 15) is 9.59 Å². The van der Waals surface area contributed by atoms with Crippen molar-refractivity contribution >= 4 is 17.6 Å². The Bertz CT molecular complexity index is 506. The van der Waals surface area contributed by atoms with Gasteiger partial charge < -0.3 is 10.2 Å². The van der Waals surface area contributed by atoms with E-state index in [0.717, 1.165) is 32.6 Å². The number of nitrogens with one attached hydrogen (secondary N) is 2. The molecule has 0 aromatic heterocycles. The first-order valence-electron chi connectivity index (χ1n) is 7.68. The van der Waals surface area contributed by atoms with Gasteiger partial charge in [0.15, 0.2) is 0 Å². The van der Waals surface area contributed by atoms with E-state index in [4.69, 9.17) is 0 Å². The number of carbonyl (C=O) groups is 2. The Morgan fingerprint density at radius 3 is 2.50 bits per heavy atom. The molecule has 1 aromatic carbocycles. The molecule has 0 spiro atoms. The molecule has 1 aliphatic heterocycles. The Hall–Kier alpha value is -2.08. The van der Waals surface area contributed by atoms with Gasteiger partial charge in [-0.3, -0.25) is 15.0 Å². The van der Waals surface area contributed by atoms with Crippen molar-refractivity contribution in [2.75, 3.05) is 38.1 Å². The lowest BCUT2D eigenvalue weighted by Gasteiger charge is -2.27. The van der Waals surface area contributed by atoms with E-state index in [0.29, 0.717) is 0 Å². The molecule has 22 heavy (non-hydrogen) atoms. The Morgan fingerprint density at radius 2 is 1.82 bits per heavy atom. The van der Waals surface area contributed by atoms with E-state index >= 15 is 0 Å². The number of hydrogen-bond acceptors (Lipinski definition) is 4. The molecule has 1 aliphatic rings. The summed E-state index contributed by atoms with van der Waals surface area (Å²) in [7, 11) is 1.50. The average Bonchev–Trinajstić information content (AvgIpc) is 2.80. The molecule has 2 rings (SSSR count). The first-order chi connectivity index (χ1) is 10.6. The second-order valence-corrected chi connectivity index (χ2v) is 5.46. The summed E-state index contributed by atoms with van der Waals surface area (Å²) in [6.07, 6.45) is 0.993. The van der Waals surface area contributed by atoms with Crippen LogP contribution in [-0.2, 0) is 4.79 Å². The fourth-order valence-corrected chi connectivity index (χ4v) is 2.67. The van der Waals surface area contributed by atoms with Crippen LogP contribution in [0, 0.1) is 0 Å². The highest BCUT2D eigenvalue weighted by Gasteiger charge is 2.24. The summed E-state index contributed by atoms with van der Waals surface area (Å²) >= 11 is 0. The van der Waals surface area contributed by atoms with Crippen LogP contribution >= 0.6 is 0 Å². The van der Waals surface area contributed by atoms with Crippen molar-refractivity contribution < 1.29 is 9.59 Å². The van der Waals surface area contributed by atoms with Gasteiger partial charge in [0.2, 0.25) is 5.91 Å². The van der Waals surface area contributed by atoms with E-state index < -0.39 is 6.03 Å². The second-order valence-electron chi connectivity index (χ2n) is 5.46. The van der Waals surface area contributed by atoms with Gasteiger partial charge >= 0.3 is 6.03 Å². The van der Waals surface area contributed by atoms with E-state index in [1.165, 1.54) is 12.7 Å². The molecule has 1 atom stereocenters. The number of imide groups is 1. The summed E-state index contributed by atoms with van der Waals surface area (Å²) in [6.45, 7) is 5.35. The lowest BCUT2D eigenvalue weighted by Crippen LogP contribution is -2.49. The molecule has 1 saturated heterocycles. The average molecular weight is 304 g/mol. The summed E-state index contributed by atoms with van der Waals surface area (Å²) in [4.78, 5) is 27.8. The van der Waals surface area contributed by atoms with E-state index in [1.54, 1.807) is 0 Å². The topological polar surface area (TPSA) is 64.7 Å². The van der Waals surface area contributed by atoms with Gasteiger partial charge in [0, 0.05) is 38.9 Å². The second kappa shape index (κ2) is 7.79. The minimum Gasteiger partial charge on any atom is -0.370 e. The number of para-hydroxylation sites is 1. The van der Waals surface area contributed by atoms with Crippen molar-refractivity contribution in [3.05, 3.63) is 30.3 Å². The first kappa shape index (κ1) is 16.3. The predicted octanol–water partition coefficient (Wildman–Crippen LogP) is 1.04. The molecule has 1 unspecified atom stereocenters. The number of rotatable bonds is 3. The van der Waals surface area contributed by atoms with E-state index in [-0.39, 0.29) is 11.9 Å². The SMILES string of the molecule is CNC(=O)NC(=O)C(C)N1CCCN(c2ccccc2)CC1. The molecule has 3 amide bonds. The monoisotopic (exact) mass is 304 g/mol. The van der Waals surface area contributed by atoms with Crippen molar-refractivity contribution in [3.8, 4) is 0 Å². The third-order valence-corrected chi connectivity index (χ3v) is 4.04. The van der Waals surface area contributed by atoms with Gasteiger partial charge in [-0.1, -0.05) is 18.2 Å². The predicted molar refractivity (Wildman–Crippen MR) is 86.9 cm³/mol. The standard InChI is InChI=1S/C16H24N4O2/c1-13(15(21)18-16(22)17-2)19-9-6-10-20(12-11-19)14-7-4-3-5-8-14/h3-5,7-8,13H,6,9-12H2,1-2H3,(H2,17,18,21,22). The third-order valence-electron chi connectivity index (χ3n) is 4.04. The van der Waals surface area contributed by atoms with Crippen molar-refractivity contribution in [2.45, 2.75) is 19.4 Å². The molecule has 0 aliphatic carbocycles. The van der Waals surface area contributed by atoms with Gasteiger partial charge in [-0.25, -0.2) is 4.79 Å². The molecule has 6 heteroatoms. The van der Waals surface area contributed by atoms with Crippen LogP contribution in [0.5, 0.6) is 0 Å². The number of benzene rings is 1. The number of nitrogens with zero attached hydrogens (tertiary/aromatic N) is 2. The molecule has 2 N–H and O–H groups in total. The summed E-state index contributed by atoms with van der Waals surface area (Å²) in [5.41, 5.74) is 1.21. The molecule has 1 heterocycles. The van der Waals surface area contributed by atoms with Crippen LogP contribution < -0.4 is 15.5 Å². The Kier molecular flexibility index (Phi) is 5.77. The molecule has 0 radical (unpaired) electrons. The zero-order chi connectivity index (χ0) is 15.9. The van der Waals surface area contributed by atoms with Gasteiger partial charge in [0.05, 0.1) is 6.04 Å². The van der Waals surface area contributed by atoms with Crippen LogP contribution in [0.25, 0.3) is 0 Å². The molecule has 6 nitrogen and oxygen atoms in total. The zero-order valence-electron chi connectivity index (χ0n) is 13.2. The van der Waals surface area contributed by atoms with Crippen LogP contribution in [0.4, 0.5) is 10.5 Å². The lowest BCUT2D eigenvalue weighted by atomic mass is 10.2. The molecule has 0 bridgehead atoms. The molecule has 120 valence electrons. The lowest BCUT2D eigenvalue weighted by molar-refractivity contribution is -0.124. The number of carbonyl (C=O) groups excluding carboxylic acids is 2. The Balaban J connectivity index is 1.92. The van der Waals surface area contributed by atoms with E-state index in [2.05, 4.69) is 32.6 Å². The maximum atomic E-state index is 12.0. The maximum absolute atomic E-state index is 12.0. The highest BCUT2D eigenvalue weighted by atomic mass is 16.2. The minimum absolute atomic E-state index is 0.257. The number of hydrogen-bond donors (Lipinski definition) is 2. The Morgan fingerprint density at radius 1 is 1.09 bits per heavy atom. The van der Waals surface area contributed by atoms with Gasteiger partial charge in [0.1, 0.15) is 0 Å². The van der Waals surface area contributed by atoms with Crippen molar-refractivity contribution in [1.29, 1.82) is 0 Å². The zero-order valence-corrected chi connectivity index (χ0v) is 13.2. The number of amides is 3. The van der Waals surface area contributed by atoms with E-state index in [1.807, 2.05) is 25.1 Å². The third kappa shape index (κ3) is 4.21. The summed E-state index contributed by atoms with van der Waals surface area (Å²) < 4.78 is 0. The largest absolute Gasteiger partial charge is 0.370 e. The molecule has 1 aromatic rings.